The Labute approximate surface area is 118 Å². The summed E-state index contributed by atoms with van der Waals surface area (Å²) in [7, 11) is 0. The van der Waals surface area contributed by atoms with E-state index in [0.29, 0.717) is 6.42 Å². The molecule has 20 heavy (non-hydrogen) atoms. The van der Waals surface area contributed by atoms with Gasteiger partial charge in [0.25, 0.3) is 0 Å². The molecule has 6 nitrogen and oxygen atoms in total. The lowest BCUT2D eigenvalue weighted by atomic mass is 10.1. The molecule has 1 unspecified atom stereocenters. The third kappa shape index (κ3) is 7.06. The summed E-state index contributed by atoms with van der Waals surface area (Å²) < 4.78 is 9.22. The van der Waals surface area contributed by atoms with Crippen molar-refractivity contribution >= 4 is 11.9 Å². The molecule has 2 N–H and O–H groups in total. The van der Waals surface area contributed by atoms with E-state index in [9.17, 15) is 19.8 Å². The van der Waals surface area contributed by atoms with Crippen LogP contribution < -0.4 is 0 Å². The van der Waals surface area contributed by atoms with Crippen LogP contribution in [0.15, 0.2) is 25.3 Å². The summed E-state index contributed by atoms with van der Waals surface area (Å²) in [6.07, 6.45) is 3.85. The van der Waals surface area contributed by atoms with Crippen LogP contribution in [0, 0.1) is 0 Å². The summed E-state index contributed by atoms with van der Waals surface area (Å²) in [5.41, 5.74) is 0. The zero-order valence-corrected chi connectivity index (χ0v) is 11.7. The molecule has 0 aliphatic rings. The number of hydrogen-bond acceptors (Lipinski definition) is 6. The molecule has 0 aromatic rings. The van der Waals surface area contributed by atoms with Crippen LogP contribution in [-0.4, -0.2) is 34.2 Å². The Balaban J connectivity index is 4.70. The minimum atomic E-state index is -2.89. The highest BCUT2D eigenvalue weighted by Crippen LogP contribution is 2.20. The SMILES string of the molecule is C=CC(=O)OC(CCCCCC)C(O)(O)OC(=O)C=C. The van der Waals surface area contributed by atoms with Crippen molar-refractivity contribution in [3.05, 3.63) is 25.3 Å². The van der Waals surface area contributed by atoms with Crippen LogP contribution >= 0.6 is 0 Å². The van der Waals surface area contributed by atoms with Crippen molar-refractivity contribution in [1.29, 1.82) is 0 Å². The predicted octanol–water partition coefficient (Wildman–Crippen LogP) is 1.42. The number of ether oxygens (including phenoxy) is 2. The van der Waals surface area contributed by atoms with E-state index >= 15 is 0 Å². The Morgan fingerprint density at radius 3 is 2.25 bits per heavy atom. The van der Waals surface area contributed by atoms with Crippen molar-refractivity contribution < 1.29 is 29.3 Å². The highest BCUT2D eigenvalue weighted by Gasteiger charge is 2.41. The molecule has 114 valence electrons. The van der Waals surface area contributed by atoms with E-state index in [1.165, 1.54) is 0 Å². The molecule has 0 saturated heterocycles. The van der Waals surface area contributed by atoms with Gasteiger partial charge in [-0.15, -0.1) is 0 Å². The molecule has 0 bridgehead atoms. The zero-order chi connectivity index (χ0) is 15.6. The number of rotatable bonds is 10. The Hall–Kier alpha value is -1.66. The molecule has 0 spiro atoms. The van der Waals surface area contributed by atoms with Crippen molar-refractivity contribution in [1.82, 2.24) is 0 Å². The Morgan fingerprint density at radius 1 is 1.15 bits per heavy atom. The van der Waals surface area contributed by atoms with Crippen LogP contribution in [0.5, 0.6) is 0 Å². The molecule has 1 atom stereocenters. The van der Waals surface area contributed by atoms with Gasteiger partial charge in [0.1, 0.15) is 0 Å². The van der Waals surface area contributed by atoms with Gasteiger partial charge >= 0.3 is 17.9 Å². The first-order valence-corrected chi connectivity index (χ1v) is 6.50. The minimum Gasteiger partial charge on any atom is -0.449 e. The molecule has 0 fully saturated rings. The quantitative estimate of drug-likeness (QED) is 0.273. The fourth-order valence-corrected chi connectivity index (χ4v) is 1.52. The van der Waals surface area contributed by atoms with Gasteiger partial charge in [-0.25, -0.2) is 9.59 Å². The lowest BCUT2D eigenvalue weighted by Crippen LogP contribution is -2.48. The van der Waals surface area contributed by atoms with Crippen molar-refractivity contribution in [3.63, 3.8) is 0 Å². The standard InChI is InChI=1S/C14H22O6/c1-4-7-8-9-10-11(19-12(15)5-2)14(17,18)20-13(16)6-3/h5-6,11,17-18H,2-4,7-10H2,1H3. The highest BCUT2D eigenvalue weighted by molar-refractivity contribution is 5.82. The molecule has 0 aromatic carbocycles. The molecule has 0 aromatic heterocycles. The maximum absolute atomic E-state index is 11.2. The van der Waals surface area contributed by atoms with Crippen LogP contribution in [0.2, 0.25) is 0 Å². The molecule has 0 aliphatic carbocycles. The van der Waals surface area contributed by atoms with Gasteiger partial charge in [0.05, 0.1) is 0 Å². The molecule has 0 heterocycles. The summed E-state index contributed by atoms with van der Waals surface area (Å²) in [5, 5.41) is 19.5. The third-order valence-electron chi connectivity index (χ3n) is 2.58. The Kier molecular flexibility index (Phi) is 8.51. The van der Waals surface area contributed by atoms with Crippen molar-refractivity contribution in [2.24, 2.45) is 0 Å². The predicted molar refractivity (Wildman–Crippen MR) is 72.3 cm³/mol. The molecule has 6 heteroatoms. The van der Waals surface area contributed by atoms with E-state index in [0.717, 1.165) is 31.4 Å². The van der Waals surface area contributed by atoms with Crippen LogP contribution in [0.1, 0.15) is 39.0 Å². The van der Waals surface area contributed by atoms with Gasteiger partial charge in [0, 0.05) is 12.2 Å². The summed E-state index contributed by atoms with van der Waals surface area (Å²) >= 11 is 0. The lowest BCUT2D eigenvalue weighted by molar-refractivity contribution is -0.357. The van der Waals surface area contributed by atoms with Gasteiger partial charge in [-0.1, -0.05) is 39.3 Å². The topological polar surface area (TPSA) is 93.1 Å². The molecule has 0 saturated carbocycles. The molecule has 0 rings (SSSR count). The summed E-state index contributed by atoms with van der Waals surface area (Å²) in [4.78, 5) is 22.2. The first-order valence-electron chi connectivity index (χ1n) is 6.50. The van der Waals surface area contributed by atoms with Gasteiger partial charge in [-0.2, -0.15) is 0 Å². The van der Waals surface area contributed by atoms with Gasteiger partial charge in [-0.3, -0.25) is 0 Å². The summed E-state index contributed by atoms with van der Waals surface area (Å²) in [5.74, 6) is -4.74. The van der Waals surface area contributed by atoms with Gasteiger partial charge in [-0.05, 0) is 12.8 Å². The van der Waals surface area contributed by atoms with Crippen LogP contribution in [-0.2, 0) is 19.1 Å². The average Bonchev–Trinajstić information content (AvgIpc) is 2.41. The number of hydrogen-bond donors (Lipinski definition) is 2. The fraction of sp³-hybridized carbons (Fsp3) is 0.571. The number of carbonyl (C=O) groups excluding carboxylic acids is 2. The van der Waals surface area contributed by atoms with E-state index in [-0.39, 0.29) is 6.42 Å². The number of aliphatic hydroxyl groups is 2. The van der Waals surface area contributed by atoms with E-state index in [1.807, 2.05) is 6.92 Å². The van der Waals surface area contributed by atoms with Crippen molar-refractivity contribution in [2.75, 3.05) is 0 Å². The largest absolute Gasteiger partial charge is 0.449 e. The molecular weight excluding hydrogens is 264 g/mol. The number of unbranched alkanes of at least 4 members (excludes halogenated alkanes) is 3. The zero-order valence-electron chi connectivity index (χ0n) is 11.7. The molecule has 0 radical (unpaired) electrons. The second kappa shape index (κ2) is 9.28. The Bertz CT molecular complexity index is 348. The smallest absolute Gasteiger partial charge is 0.363 e. The highest BCUT2D eigenvalue weighted by atomic mass is 16.8. The molecule has 0 amide bonds. The second-order valence-electron chi connectivity index (χ2n) is 4.26. The Morgan fingerprint density at radius 2 is 1.75 bits per heavy atom. The lowest BCUT2D eigenvalue weighted by Gasteiger charge is -2.29. The fourth-order valence-electron chi connectivity index (χ4n) is 1.52. The van der Waals surface area contributed by atoms with E-state index < -0.39 is 24.0 Å². The monoisotopic (exact) mass is 286 g/mol. The summed E-state index contributed by atoms with van der Waals surface area (Å²) in [6, 6.07) is 0. The first-order chi connectivity index (χ1) is 9.37. The van der Waals surface area contributed by atoms with Crippen LogP contribution in [0.3, 0.4) is 0 Å². The maximum Gasteiger partial charge on any atom is 0.363 e. The molecule has 0 aliphatic heterocycles. The van der Waals surface area contributed by atoms with Crippen LogP contribution in [0.25, 0.3) is 0 Å². The van der Waals surface area contributed by atoms with Gasteiger partial charge in [0.15, 0.2) is 6.10 Å². The van der Waals surface area contributed by atoms with Crippen molar-refractivity contribution in [3.8, 4) is 0 Å². The molecular formula is C14H22O6. The third-order valence-corrected chi connectivity index (χ3v) is 2.58. The van der Waals surface area contributed by atoms with Gasteiger partial charge in [0.2, 0.25) is 0 Å². The second-order valence-corrected chi connectivity index (χ2v) is 4.26. The van der Waals surface area contributed by atoms with Crippen LogP contribution in [0.4, 0.5) is 0 Å². The van der Waals surface area contributed by atoms with E-state index in [1.54, 1.807) is 0 Å². The van der Waals surface area contributed by atoms with E-state index in [2.05, 4.69) is 17.9 Å². The normalized spacial score (nSPS) is 12.3. The summed E-state index contributed by atoms with van der Waals surface area (Å²) in [6.45, 7) is 8.40. The minimum absolute atomic E-state index is 0.150. The first kappa shape index (κ1) is 18.3. The maximum atomic E-state index is 11.2. The average molecular weight is 286 g/mol. The number of esters is 2. The van der Waals surface area contributed by atoms with E-state index in [4.69, 9.17) is 4.74 Å². The number of carbonyl (C=O) groups is 2. The van der Waals surface area contributed by atoms with Crippen molar-refractivity contribution in [2.45, 2.75) is 51.1 Å². The van der Waals surface area contributed by atoms with Gasteiger partial charge < -0.3 is 19.7 Å².